The molecule has 5 aromatic rings. The molecule has 3 aromatic carbocycles. The minimum Gasteiger partial charge on any atom is -0.453 e. The Kier molecular flexibility index (Phi) is 4.86. The predicted molar refractivity (Wildman–Crippen MR) is 133 cm³/mol. The number of allylic oxidation sites excluding steroid dienone is 1. The van der Waals surface area contributed by atoms with Gasteiger partial charge in [-0.1, -0.05) is 84.9 Å². The Morgan fingerprint density at radius 2 is 1.64 bits per heavy atom. The molecule has 0 bridgehead atoms. The molecule has 2 heteroatoms. The number of hydrogen-bond donors (Lipinski definition) is 0. The van der Waals surface area contributed by atoms with E-state index in [0.29, 0.717) is 0 Å². The Bertz CT molecular complexity index is 1450. The summed E-state index contributed by atoms with van der Waals surface area (Å²) in [5.41, 5.74) is 8.70. The molecule has 2 aromatic heterocycles. The van der Waals surface area contributed by atoms with E-state index < -0.39 is 0 Å². The molecule has 2 heterocycles. The van der Waals surface area contributed by atoms with Gasteiger partial charge in [-0.2, -0.15) is 0 Å². The summed E-state index contributed by atoms with van der Waals surface area (Å²) in [5, 5.41) is 0. The van der Waals surface area contributed by atoms with E-state index in [4.69, 9.17) is 9.40 Å². The standard InChI is InChI=1S/C31H21NO/c1-3-11-22(12-4-1)24-19-20-32-29(21-24)31-28-18-10-9-17-27(28)30(33-31)26-16-8-7-15-25(26)23-13-5-2-6-14-23/h1-5,7-8,10-13,15-16,18-21H,9,17H2. The molecular formula is C31H21NO. The van der Waals surface area contributed by atoms with Crippen molar-refractivity contribution < 1.29 is 4.42 Å². The van der Waals surface area contributed by atoms with Crippen LogP contribution in [0.1, 0.15) is 17.5 Å². The second-order valence-corrected chi connectivity index (χ2v) is 8.14. The van der Waals surface area contributed by atoms with E-state index >= 15 is 0 Å². The summed E-state index contributed by atoms with van der Waals surface area (Å²) in [4.78, 5) is 4.69. The predicted octanol–water partition coefficient (Wildman–Crippen LogP) is 7.90. The summed E-state index contributed by atoms with van der Waals surface area (Å²) in [7, 11) is 0. The third-order valence-electron chi connectivity index (χ3n) is 6.10. The van der Waals surface area contributed by atoms with Gasteiger partial charge in [0, 0.05) is 34.0 Å². The molecule has 0 N–H and O–H groups in total. The fourth-order valence-electron chi connectivity index (χ4n) is 4.53. The van der Waals surface area contributed by atoms with Gasteiger partial charge in [-0.15, -0.1) is 0 Å². The van der Waals surface area contributed by atoms with Crippen molar-refractivity contribution in [2.24, 2.45) is 0 Å². The third-order valence-corrected chi connectivity index (χ3v) is 6.10. The molecule has 0 spiro atoms. The maximum absolute atomic E-state index is 6.66. The Morgan fingerprint density at radius 3 is 2.48 bits per heavy atom. The van der Waals surface area contributed by atoms with Crippen molar-refractivity contribution in [2.45, 2.75) is 12.8 Å². The van der Waals surface area contributed by atoms with Crippen LogP contribution in [0.25, 0.3) is 51.1 Å². The van der Waals surface area contributed by atoms with Crippen LogP contribution in [0.3, 0.4) is 0 Å². The fraction of sp³-hybridized carbons (Fsp3) is 0.0645. The summed E-state index contributed by atoms with van der Waals surface area (Å²) >= 11 is 0. The maximum atomic E-state index is 6.66. The van der Waals surface area contributed by atoms with Crippen molar-refractivity contribution in [1.82, 2.24) is 4.98 Å². The summed E-state index contributed by atoms with van der Waals surface area (Å²) in [6, 6.07) is 35.2. The van der Waals surface area contributed by atoms with Crippen LogP contribution < -0.4 is 0 Å². The summed E-state index contributed by atoms with van der Waals surface area (Å²) in [5.74, 6) is 1.75. The molecule has 0 unspecified atom stereocenters. The highest BCUT2D eigenvalue weighted by atomic mass is 16.3. The van der Waals surface area contributed by atoms with E-state index in [1.165, 1.54) is 11.1 Å². The molecule has 1 aliphatic carbocycles. The van der Waals surface area contributed by atoms with Crippen LogP contribution in [-0.4, -0.2) is 4.98 Å². The normalized spacial score (nSPS) is 12.2. The second-order valence-electron chi connectivity index (χ2n) is 8.14. The largest absolute Gasteiger partial charge is 0.453 e. The fourth-order valence-corrected chi connectivity index (χ4v) is 4.53. The number of furan rings is 1. The first-order valence-electron chi connectivity index (χ1n) is 11.2. The molecule has 0 saturated carbocycles. The van der Waals surface area contributed by atoms with Gasteiger partial charge in [-0.3, -0.25) is 4.98 Å². The topological polar surface area (TPSA) is 26.0 Å². The summed E-state index contributed by atoms with van der Waals surface area (Å²) < 4.78 is 6.66. The molecule has 0 fully saturated rings. The quantitative estimate of drug-likeness (QED) is 0.294. The first kappa shape index (κ1) is 19.3. The van der Waals surface area contributed by atoms with E-state index in [-0.39, 0.29) is 0 Å². The number of nitrogens with zero attached hydrogens (tertiary/aromatic N) is 1. The van der Waals surface area contributed by atoms with E-state index in [1.807, 2.05) is 30.5 Å². The molecule has 6 rings (SSSR count). The van der Waals surface area contributed by atoms with Crippen molar-refractivity contribution >= 4 is 6.08 Å². The van der Waals surface area contributed by atoms with E-state index in [1.54, 1.807) is 0 Å². The first-order valence-corrected chi connectivity index (χ1v) is 11.2. The molecule has 1 aliphatic rings. The average Bonchev–Trinajstić information content (AvgIpc) is 3.29. The Hall–Kier alpha value is -4.35. The number of rotatable bonds is 4. The van der Waals surface area contributed by atoms with Gasteiger partial charge < -0.3 is 4.42 Å². The van der Waals surface area contributed by atoms with E-state index in [9.17, 15) is 0 Å². The lowest BCUT2D eigenvalue weighted by atomic mass is 9.91. The van der Waals surface area contributed by atoms with Gasteiger partial charge in [-0.25, -0.2) is 0 Å². The van der Waals surface area contributed by atoms with Crippen molar-refractivity contribution in [1.29, 1.82) is 0 Å². The first-order chi connectivity index (χ1) is 16.4. The summed E-state index contributed by atoms with van der Waals surface area (Å²) in [6.45, 7) is 0. The van der Waals surface area contributed by atoms with Gasteiger partial charge in [0.05, 0.1) is 0 Å². The van der Waals surface area contributed by atoms with Crippen LogP contribution in [0.2, 0.25) is 0 Å². The zero-order valence-corrected chi connectivity index (χ0v) is 18.1. The van der Waals surface area contributed by atoms with Crippen LogP contribution in [0.5, 0.6) is 0 Å². The zero-order valence-electron chi connectivity index (χ0n) is 18.1. The van der Waals surface area contributed by atoms with Crippen LogP contribution in [-0.2, 0) is 6.42 Å². The molecule has 33 heavy (non-hydrogen) atoms. The molecule has 2 nitrogen and oxygen atoms in total. The molecule has 0 aliphatic heterocycles. The van der Waals surface area contributed by atoms with Gasteiger partial charge in [0.1, 0.15) is 11.5 Å². The zero-order chi connectivity index (χ0) is 22.0. The number of aromatic nitrogens is 1. The molecule has 0 amide bonds. The number of hydrogen-bond acceptors (Lipinski definition) is 2. The Morgan fingerprint density at radius 1 is 0.788 bits per heavy atom. The highest BCUT2D eigenvalue weighted by Crippen LogP contribution is 2.43. The maximum Gasteiger partial charge on any atom is 0.160 e. The monoisotopic (exact) mass is 423 g/mol. The van der Waals surface area contributed by atoms with Crippen molar-refractivity contribution in [3.8, 4) is 45.0 Å². The number of benzene rings is 2. The van der Waals surface area contributed by atoms with Crippen molar-refractivity contribution in [3.63, 3.8) is 0 Å². The van der Waals surface area contributed by atoms with Crippen molar-refractivity contribution in [2.75, 3.05) is 0 Å². The smallest absolute Gasteiger partial charge is 0.160 e. The summed E-state index contributed by atoms with van der Waals surface area (Å²) in [6.07, 6.45) is 8.22. The van der Waals surface area contributed by atoms with Gasteiger partial charge in [0.15, 0.2) is 5.76 Å². The van der Waals surface area contributed by atoms with Gasteiger partial charge in [-0.05, 0) is 48.2 Å². The van der Waals surface area contributed by atoms with Crippen LogP contribution in [0.4, 0.5) is 0 Å². The van der Waals surface area contributed by atoms with E-state index in [0.717, 1.165) is 57.9 Å². The minimum absolute atomic E-state index is 0.826. The van der Waals surface area contributed by atoms with Gasteiger partial charge in [0.25, 0.3) is 0 Å². The number of fused-ring (bicyclic) bond motifs is 1. The van der Waals surface area contributed by atoms with Crippen molar-refractivity contribution in [3.05, 3.63) is 120 Å². The van der Waals surface area contributed by atoms with Crippen LogP contribution in [0, 0.1) is 12.1 Å². The lowest BCUT2D eigenvalue weighted by molar-refractivity contribution is 0.592. The van der Waals surface area contributed by atoms with Gasteiger partial charge >= 0.3 is 0 Å². The Balaban J connectivity index is 1.53. The van der Waals surface area contributed by atoms with Crippen LogP contribution >= 0.6 is 0 Å². The Labute approximate surface area is 193 Å². The third kappa shape index (κ3) is 3.54. The van der Waals surface area contributed by atoms with Crippen LogP contribution in [0.15, 0.2) is 102 Å². The van der Waals surface area contributed by atoms with E-state index in [2.05, 4.69) is 84.9 Å². The molecule has 0 atom stereocenters. The highest BCUT2D eigenvalue weighted by Gasteiger charge is 2.24. The molecule has 0 saturated heterocycles. The molecule has 0 radical (unpaired) electrons. The number of pyridine rings is 1. The molecular weight excluding hydrogens is 402 g/mol. The molecule has 156 valence electrons. The highest BCUT2D eigenvalue weighted by molar-refractivity contribution is 5.87. The second kappa shape index (κ2) is 8.30. The average molecular weight is 424 g/mol. The lowest BCUT2D eigenvalue weighted by Gasteiger charge is -2.10. The minimum atomic E-state index is 0.826. The lowest BCUT2D eigenvalue weighted by Crippen LogP contribution is -1.94. The van der Waals surface area contributed by atoms with Gasteiger partial charge in [0.2, 0.25) is 0 Å². The SMILES string of the molecule is c1cccc(-c2ccccc2-c2oc(-c3cc(-c4ccccc4)ccn3)c3c2CCC=C3)c#1.